The van der Waals surface area contributed by atoms with E-state index in [1.807, 2.05) is 12.1 Å². The molecule has 0 aliphatic heterocycles. The van der Waals surface area contributed by atoms with Crippen LogP contribution in [0, 0.1) is 28.6 Å². The number of hydrogen-bond donors (Lipinski definition) is 0. The van der Waals surface area contributed by atoms with Gasteiger partial charge in [0.2, 0.25) is 0 Å². The first-order valence-electron chi connectivity index (χ1n) is 8.79. The summed E-state index contributed by atoms with van der Waals surface area (Å²) >= 11 is 0. The summed E-state index contributed by atoms with van der Waals surface area (Å²) in [5.74, 6) is 3.16. The first-order chi connectivity index (χ1) is 11.1. The van der Waals surface area contributed by atoms with E-state index in [0.29, 0.717) is 23.5 Å². The van der Waals surface area contributed by atoms with Crippen LogP contribution in [0.15, 0.2) is 18.2 Å². The zero-order chi connectivity index (χ0) is 16.0. The van der Waals surface area contributed by atoms with Crippen LogP contribution >= 0.6 is 0 Å². The predicted octanol–water partition coefficient (Wildman–Crippen LogP) is 4.01. The molecule has 0 bridgehead atoms. The molecular weight excluding hydrogens is 286 g/mol. The van der Waals surface area contributed by atoms with Crippen LogP contribution in [0.1, 0.15) is 56.1 Å². The summed E-state index contributed by atoms with van der Waals surface area (Å²) in [6, 6.07) is 8.36. The Morgan fingerprint density at radius 2 is 2.17 bits per heavy atom. The minimum Gasteiger partial charge on any atom is -0.479 e. The first kappa shape index (κ1) is 14.8. The molecule has 3 unspecified atom stereocenters. The van der Waals surface area contributed by atoms with Crippen LogP contribution in [-0.2, 0) is 11.2 Å². The maximum atomic E-state index is 12.4. The number of Topliss-reactive ketones (excluding diaryl/α,β-unsaturated/α-hetero) is 1. The van der Waals surface area contributed by atoms with Crippen LogP contribution in [-0.4, -0.2) is 12.4 Å². The number of nitrogens with zero attached hydrogens (tertiary/aromatic N) is 1. The van der Waals surface area contributed by atoms with Gasteiger partial charge in [-0.1, -0.05) is 13.0 Å². The molecule has 0 amide bonds. The second kappa shape index (κ2) is 5.37. The van der Waals surface area contributed by atoms with Crippen molar-refractivity contribution in [3.8, 4) is 11.8 Å². The molecule has 120 valence electrons. The molecule has 0 aromatic heterocycles. The quantitative estimate of drug-likeness (QED) is 0.829. The van der Waals surface area contributed by atoms with Gasteiger partial charge in [-0.25, -0.2) is 0 Å². The Kier molecular flexibility index (Phi) is 3.44. The highest BCUT2D eigenvalue weighted by molar-refractivity contribution is 5.87. The van der Waals surface area contributed by atoms with Gasteiger partial charge in [-0.3, -0.25) is 4.79 Å². The SMILES string of the molecule is C[C@]12CCC3c4ccc(OCC#N)cc4CCC3C1CCC2=O. The normalized spacial score (nSPS) is 35.0. The summed E-state index contributed by atoms with van der Waals surface area (Å²) in [5.41, 5.74) is 2.80. The van der Waals surface area contributed by atoms with Crippen LogP contribution < -0.4 is 4.74 Å². The van der Waals surface area contributed by atoms with Gasteiger partial charge < -0.3 is 4.74 Å². The summed E-state index contributed by atoms with van der Waals surface area (Å²) in [6.07, 6.45) is 6.32. The number of fused-ring (bicyclic) bond motifs is 5. The van der Waals surface area contributed by atoms with E-state index in [4.69, 9.17) is 10.00 Å². The molecule has 3 heteroatoms. The van der Waals surface area contributed by atoms with Crippen molar-refractivity contribution in [1.82, 2.24) is 0 Å². The summed E-state index contributed by atoms with van der Waals surface area (Å²) in [6.45, 7) is 2.32. The van der Waals surface area contributed by atoms with Gasteiger partial charge >= 0.3 is 0 Å². The van der Waals surface area contributed by atoms with Crippen LogP contribution in [0.25, 0.3) is 0 Å². The third-order valence-corrected chi connectivity index (χ3v) is 6.71. The number of carbonyl (C=O) groups excluding carboxylic acids is 1. The van der Waals surface area contributed by atoms with Gasteiger partial charge in [-0.2, -0.15) is 5.26 Å². The van der Waals surface area contributed by atoms with E-state index in [9.17, 15) is 4.79 Å². The topological polar surface area (TPSA) is 50.1 Å². The van der Waals surface area contributed by atoms with Crippen LogP contribution in [0.3, 0.4) is 0 Å². The fourth-order valence-electron chi connectivity index (χ4n) is 5.54. The number of nitriles is 1. The van der Waals surface area contributed by atoms with E-state index in [-0.39, 0.29) is 12.0 Å². The number of hydrogen-bond acceptors (Lipinski definition) is 3. The van der Waals surface area contributed by atoms with Crippen LogP contribution in [0.5, 0.6) is 5.75 Å². The molecular formula is C20H23NO2. The minimum atomic E-state index is -0.0471. The molecule has 0 N–H and O–H groups in total. The van der Waals surface area contributed by atoms with Gasteiger partial charge in [0, 0.05) is 11.8 Å². The van der Waals surface area contributed by atoms with Crippen molar-refractivity contribution in [1.29, 1.82) is 5.26 Å². The number of carbonyl (C=O) groups is 1. The van der Waals surface area contributed by atoms with Crippen molar-refractivity contribution < 1.29 is 9.53 Å². The highest BCUT2D eigenvalue weighted by Crippen LogP contribution is 2.59. The molecule has 3 aliphatic rings. The molecule has 0 saturated heterocycles. The lowest BCUT2D eigenvalue weighted by atomic mass is 9.55. The van der Waals surface area contributed by atoms with Crippen molar-refractivity contribution >= 4 is 5.78 Å². The second-order valence-corrected chi connectivity index (χ2v) is 7.64. The smallest absolute Gasteiger partial charge is 0.174 e. The molecule has 3 aliphatic carbocycles. The van der Waals surface area contributed by atoms with E-state index >= 15 is 0 Å². The average molecular weight is 309 g/mol. The van der Waals surface area contributed by atoms with Gasteiger partial charge in [0.05, 0.1) is 0 Å². The lowest BCUT2D eigenvalue weighted by molar-refractivity contribution is -0.129. The fourth-order valence-corrected chi connectivity index (χ4v) is 5.54. The standard InChI is InChI=1S/C20H23NO2/c1-20-9-8-16-15-5-3-14(23-11-10-21)12-13(15)2-4-17(16)18(20)6-7-19(20)22/h3,5,12,16-18H,2,4,6-9,11H2,1H3/t16?,17?,18?,20-/m0/s1. The molecule has 3 nitrogen and oxygen atoms in total. The van der Waals surface area contributed by atoms with E-state index in [1.54, 1.807) is 0 Å². The molecule has 2 fully saturated rings. The van der Waals surface area contributed by atoms with E-state index in [1.165, 1.54) is 17.5 Å². The maximum absolute atomic E-state index is 12.4. The second-order valence-electron chi connectivity index (χ2n) is 7.64. The van der Waals surface area contributed by atoms with Crippen molar-refractivity contribution in [2.75, 3.05) is 6.61 Å². The van der Waals surface area contributed by atoms with Crippen molar-refractivity contribution in [2.24, 2.45) is 17.3 Å². The molecule has 23 heavy (non-hydrogen) atoms. The van der Waals surface area contributed by atoms with E-state index in [2.05, 4.69) is 19.1 Å². The van der Waals surface area contributed by atoms with Gasteiger partial charge in [-0.05, 0) is 73.1 Å². The predicted molar refractivity (Wildman–Crippen MR) is 87.2 cm³/mol. The van der Waals surface area contributed by atoms with Crippen LogP contribution in [0.4, 0.5) is 0 Å². The first-order valence-corrected chi connectivity index (χ1v) is 8.79. The Morgan fingerprint density at radius 1 is 1.30 bits per heavy atom. The van der Waals surface area contributed by atoms with E-state index < -0.39 is 0 Å². The lowest BCUT2D eigenvalue weighted by Gasteiger charge is -2.48. The monoisotopic (exact) mass is 309 g/mol. The Morgan fingerprint density at radius 3 is 3.00 bits per heavy atom. The maximum Gasteiger partial charge on any atom is 0.174 e. The summed E-state index contributed by atoms with van der Waals surface area (Å²) in [4.78, 5) is 12.4. The number of ether oxygens (including phenoxy) is 1. The summed E-state index contributed by atoms with van der Waals surface area (Å²) < 4.78 is 5.45. The van der Waals surface area contributed by atoms with Crippen molar-refractivity contribution in [3.05, 3.63) is 29.3 Å². The number of rotatable bonds is 2. The number of benzene rings is 1. The lowest BCUT2D eigenvalue weighted by Crippen LogP contribution is -2.42. The van der Waals surface area contributed by atoms with Crippen molar-refractivity contribution in [2.45, 2.75) is 51.4 Å². The van der Waals surface area contributed by atoms with Gasteiger partial charge in [0.25, 0.3) is 0 Å². The molecule has 0 radical (unpaired) electrons. The molecule has 1 aromatic rings. The zero-order valence-electron chi connectivity index (χ0n) is 13.7. The Balaban J connectivity index is 1.62. The zero-order valence-corrected chi connectivity index (χ0v) is 13.7. The Labute approximate surface area is 137 Å². The number of ketones is 1. The highest BCUT2D eigenvalue weighted by atomic mass is 16.5. The van der Waals surface area contributed by atoms with Crippen LogP contribution in [0.2, 0.25) is 0 Å². The molecule has 1 aromatic carbocycles. The molecule has 0 heterocycles. The van der Waals surface area contributed by atoms with Gasteiger partial charge in [-0.15, -0.1) is 0 Å². The summed E-state index contributed by atoms with van der Waals surface area (Å²) in [7, 11) is 0. The Bertz CT molecular complexity index is 689. The molecule has 2 saturated carbocycles. The molecule has 0 spiro atoms. The Hall–Kier alpha value is -1.82. The van der Waals surface area contributed by atoms with Gasteiger partial charge in [0.1, 0.15) is 17.6 Å². The fraction of sp³-hybridized carbons (Fsp3) is 0.600. The van der Waals surface area contributed by atoms with Gasteiger partial charge in [0.15, 0.2) is 6.61 Å². The largest absolute Gasteiger partial charge is 0.479 e. The average Bonchev–Trinajstić information content (AvgIpc) is 2.88. The summed E-state index contributed by atoms with van der Waals surface area (Å²) in [5, 5.41) is 8.65. The van der Waals surface area contributed by atoms with Crippen molar-refractivity contribution in [3.63, 3.8) is 0 Å². The molecule has 4 rings (SSSR count). The number of aryl methyl sites for hydroxylation is 1. The van der Waals surface area contributed by atoms with E-state index in [0.717, 1.165) is 37.9 Å². The highest BCUT2D eigenvalue weighted by Gasteiger charge is 2.54. The molecule has 4 atom stereocenters. The minimum absolute atomic E-state index is 0.0471. The third kappa shape index (κ3) is 2.19. The third-order valence-electron chi connectivity index (χ3n) is 6.71.